The van der Waals surface area contributed by atoms with Gasteiger partial charge in [-0.2, -0.15) is 0 Å². The molecule has 136 valence electrons. The summed E-state index contributed by atoms with van der Waals surface area (Å²) in [5.74, 6) is 0.669. The number of halogens is 1. The third-order valence-electron chi connectivity index (χ3n) is 4.85. The molecule has 0 fully saturated rings. The van der Waals surface area contributed by atoms with E-state index in [9.17, 15) is 0 Å². The van der Waals surface area contributed by atoms with Crippen LogP contribution in [0.5, 0.6) is 0 Å². The summed E-state index contributed by atoms with van der Waals surface area (Å²) in [5.41, 5.74) is 4.72. The summed E-state index contributed by atoms with van der Waals surface area (Å²) < 4.78 is 0. The maximum Gasteiger partial charge on any atom is 0.189 e. The van der Waals surface area contributed by atoms with Crippen molar-refractivity contribution < 1.29 is 0 Å². The molecule has 0 aliphatic heterocycles. The Morgan fingerprint density at radius 1 is 0.893 bits per heavy atom. The molecule has 2 heterocycles. The fourth-order valence-corrected chi connectivity index (χ4v) is 4.74. The standard InChI is InChI=1S/C22H15ClN4S/c1-13-6-11-18(17-5-3-2-4-16(13)17)21-19(14-7-9-15(23)10-8-14)12-20(28-21)22-24-26-27-25-22/h2-12H,1H3,(H,24,25,26,27). The van der Waals surface area contributed by atoms with E-state index in [1.807, 2.05) is 24.3 Å². The molecule has 0 bridgehead atoms. The maximum absolute atomic E-state index is 6.11. The largest absolute Gasteiger partial charge is 0.238 e. The molecule has 0 aliphatic carbocycles. The summed E-state index contributed by atoms with van der Waals surface area (Å²) in [5, 5.41) is 17.6. The van der Waals surface area contributed by atoms with Crippen molar-refractivity contribution in [1.29, 1.82) is 0 Å². The number of tetrazole rings is 1. The van der Waals surface area contributed by atoms with Crippen LogP contribution in [0.3, 0.4) is 0 Å². The van der Waals surface area contributed by atoms with Crippen LogP contribution in [0.1, 0.15) is 5.56 Å². The summed E-state index contributed by atoms with van der Waals surface area (Å²) >= 11 is 7.79. The van der Waals surface area contributed by atoms with Crippen LogP contribution in [0.25, 0.3) is 43.0 Å². The zero-order valence-electron chi connectivity index (χ0n) is 15.0. The summed E-state index contributed by atoms with van der Waals surface area (Å²) in [4.78, 5) is 2.18. The second-order valence-electron chi connectivity index (χ2n) is 6.59. The Bertz CT molecular complexity index is 1270. The lowest BCUT2D eigenvalue weighted by atomic mass is 9.96. The van der Waals surface area contributed by atoms with E-state index in [1.165, 1.54) is 26.8 Å². The highest BCUT2D eigenvalue weighted by Gasteiger charge is 2.18. The lowest BCUT2D eigenvalue weighted by molar-refractivity contribution is 0.881. The number of nitrogens with zero attached hydrogens (tertiary/aromatic N) is 3. The molecule has 0 unspecified atom stereocenters. The normalized spacial score (nSPS) is 11.2. The van der Waals surface area contributed by atoms with Crippen molar-refractivity contribution in [2.24, 2.45) is 0 Å². The van der Waals surface area contributed by atoms with Gasteiger partial charge in [0.2, 0.25) is 0 Å². The van der Waals surface area contributed by atoms with Crippen LogP contribution in [0.4, 0.5) is 0 Å². The summed E-state index contributed by atoms with van der Waals surface area (Å²) in [7, 11) is 0. The second kappa shape index (κ2) is 6.86. The first kappa shape index (κ1) is 17.1. The first-order chi connectivity index (χ1) is 13.7. The molecule has 0 saturated carbocycles. The lowest BCUT2D eigenvalue weighted by Crippen LogP contribution is -1.84. The number of aryl methyl sites for hydroxylation is 1. The second-order valence-corrected chi connectivity index (χ2v) is 8.07. The van der Waals surface area contributed by atoms with E-state index >= 15 is 0 Å². The quantitative estimate of drug-likeness (QED) is 0.381. The highest BCUT2D eigenvalue weighted by atomic mass is 35.5. The number of aromatic nitrogens is 4. The summed E-state index contributed by atoms with van der Waals surface area (Å²) in [6, 6.07) is 23.0. The van der Waals surface area contributed by atoms with Gasteiger partial charge in [0, 0.05) is 21.0 Å². The fraction of sp³-hybridized carbons (Fsp3) is 0.0455. The van der Waals surface area contributed by atoms with Gasteiger partial charge in [0.1, 0.15) is 0 Å². The predicted octanol–water partition coefficient (Wildman–Crippen LogP) is 6.38. The van der Waals surface area contributed by atoms with Crippen molar-refractivity contribution >= 4 is 33.7 Å². The monoisotopic (exact) mass is 402 g/mol. The average Bonchev–Trinajstić information content (AvgIpc) is 3.39. The number of nitrogens with one attached hydrogen (secondary N) is 1. The number of H-pyrrole nitrogens is 1. The van der Waals surface area contributed by atoms with Gasteiger partial charge in [-0.1, -0.05) is 60.1 Å². The molecule has 0 saturated heterocycles. The van der Waals surface area contributed by atoms with Crippen molar-refractivity contribution in [2.75, 3.05) is 0 Å². The Hall–Kier alpha value is -3.02. The Balaban J connectivity index is 1.79. The Morgan fingerprint density at radius 2 is 1.68 bits per heavy atom. The van der Waals surface area contributed by atoms with Gasteiger partial charge >= 0.3 is 0 Å². The predicted molar refractivity (Wildman–Crippen MR) is 116 cm³/mol. The molecule has 4 nitrogen and oxygen atoms in total. The minimum absolute atomic E-state index is 0.669. The van der Waals surface area contributed by atoms with E-state index < -0.39 is 0 Å². The molecule has 2 aromatic heterocycles. The highest BCUT2D eigenvalue weighted by Crippen LogP contribution is 2.45. The van der Waals surface area contributed by atoms with E-state index in [2.05, 4.69) is 70.0 Å². The van der Waals surface area contributed by atoms with Gasteiger partial charge < -0.3 is 0 Å². The van der Waals surface area contributed by atoms with Gasteiger partial charge in [-0.05, 0) is 57.4 Å². The van der Waals surface area contributed by atoms with Crippen molar-refractivity contribution in [3.8, 4) is 32.3 Å². The third-order valence-corrected chi connectivity index (χ3v) is 6.28. The molecular formula is C22H15ClN4S. The topological polar surface area (TPSA) is 54.5 Å². The van der Waals surface area contributed by atoms with Gasteiger partial charge in [-0.15, -0.1) is 16.4 Å². The van der Waals surface area contributed by atoms with Crippen molar-refractivity contribution in [3.63, 3.8) is 0 Å². The number of fused-ring (bicyclic) bond motifs is 1. The van der Waals surface area contributed by atoms with Crippen LogP contribution >= 0.6 is 22.9 Å². The van der Waals surface area contributed by atoms with Crippen molar-refractivity contribution in [1.82, 2.24) is 20.6 Å². The number of thiophene rings is 1. The number of rotatable bonds is 3. The number of aromatic amines is 1. The van der Waals surface area contributed by atoms with E-state index in [4.69, 9.17) is 11.6 Å². The first-order valence-corrected chi connectivity index (χ1v) is 10.0. The van der Waals surface area contributed by atoms with Crippen LogP contribution in [-0.4, -0.2) is 20.6 Å². The van der Waals surface area contributed by atoms with E-state index in [1.54, 1.807) is 11.3 Å². The molecule has 1 N–H and O–H groups in total. The van der Waals surface area contributed by atoms with Crippen LogP contribution in [0, 0.1) is 6.92 Å². The van der Waals surface area contributed by atoms with Gasteiger partial charge in [0.05, 0.1) is 4.88 Å². The van der Waals surface area contributed by atoms with Gasteiger partial charge in [0.25, 0.3) is 0 Å². The van der Waals surface area contributed by atoms with E-state index in [-0.39, 0.29) is 0 Å². The van der Waals surface area contributed by atoms with Crippen LogP contribution in [-0.2, 0) is 0 Å². The zero-order chi connectivity index (χ0) is 19.1. The molecule has 0 atom stereocenters. The number of hydrogen-bond acceptors (Lipinski definition) is 4. The highest BCUT2D eigenvalue weighted by molar-refractivity contribution is 7.19. The lowest BCUT2D eigenvalue weighted by Gasteiger charge is -2.10. The van der Waals surface area contributed by atoms with Crippen LogP contribution in [0.2, 0.25) is 5.02 Å². The zero-order valence-corrected chi connectivity index (χ0v) is 16.6. The smallest absolute Gasteiger partial charge is 0.189 e. The minimum Gasteiger partial charge on any atom is -0.238 e. The number of hydrogen-bond donors (Lipinski definition) is 1. The van der Waals surface area contributed by atoms with Gasteiger partial charge in [-0.25, -0.2) is 5.10 Å². The summed E-state index contributed by atoms with van der Waals surface area (Å²) in [6.45, 7) is 2.15. The Labute approximate surface area is 170 Å². The Kier molecular flexibility index (Phi) is 4.19. The molecule has 0 amide bonds. The molecule has 0 aliphatic rings. The first-order valence-electron chi connectivity index (χ1n) is 8.83. The number of benzene rings is 3. The van der Waals surface area contributed by atoms with Crippen molar-refractivity contribution in [3.05, 3.63) is 77.3 Å². The minimum atomic E-state index is 0.669. The van der Waals surface area contributed by atoms with Gasteiger partial charge in [0.15, 0.2) is 5.82 Å². The summed E-state index contributed by atoms with van der Waals surface area (Å²) in [6.07, 6.45) is 0. The third kappa shape index (κ3) is 2.89. The average molecular weight is 403 g/mol. The van der Waals surface area contributed by atoms with Gasteiger partial charge in [-0.3, -0.25) is 0 Å². The Morgan fingerprint density at radius 3 is 2.43 bits per heavy atom. The van der Waals surface area contributed by atoms with E-state index in [0.29, 0.717) is 5.82 Å². The maximum atomic E-state index is 6.11. The molecule has 3 aromatic carbocycles. The fourth-order valence-electron chi connectivity index (χ4n) is 3.46. The molecule has 5 rings (SSSR count). The van der Waals surface area contributed by atoms with E-state index in [0.717, 1.165) is 21.0 Å². The molecule has 0 radical (unpaired) electrons. The molecule has 0 spiro atoms. The molecule has 6 heteroatoms. The van der Waals surface area contributed by atoms with Crippen molar-refractivity contribution in [2.45, 2.75) is 6.92 Å². The molecule has 28 heavy (non-hydrogen) atoms. The van der Waals surface area contributed by atoms with Crippen LogP contribution in [0.15, 0.2) is 66.7 Å². The SMILES string of the molecule is Cc1ccc(-c2sc(-c3nnn[nH]3)cc2-c2ccc(Cl)cc2)c2ccccc12. The van der Waals surface area contributed by atoms with Crippen LogP contribution < -0.4 is 0 Å². The molecular weight excluding hydrogens is 388 g/mol. The molecule has 5 aromatic rings.